The van der Waals surface area contributed by atoms with E-state index in [1.807, 2.05) is 0 Å². The van der Waals surface area contributed by atoms with Crippen LogP contribution in [0.3, 0.4) is 0 Å². The summed E-state index contributed by atoms with van der Waals surface area (Å²) in [5.41, 5.74) is 0.392. The molecule has 1 amide bonds. The van der Waals surface area contributed by atoms with Crippen LogP contribution in [0.1, 0.15) is 19.4 Å². The standard InChI is InChI=1S/C11H13F3N2O2/c1-7(2)18-9-8(4-3-5-15-9)6-16-10(17)11(12,13)14/h3-5,7H,6H2,1-2H3,(H,16,17). The van der Waals surface area contributed by atoms with Crippen LogP contribution in [0.5, 0.6) is 5.88 Å². The molecular weight excluding hydrogens is 249 g/mol. The number of carbonyl (C=O) groups excluding carboxylic acids is 1. The zero-order valence-corrected chi connectivity index (χ0v) is 9.91. The summed E-state index contributed by atoms with van der Waals surface area (Å²) in [6, 6.07) is 3.10. The molecule has 0 atom stereocenters. The number of alkyl halides is 3. The number of nitrogens with one attached hydrogen (secondary N) is 1. The molecule has 7 heteroatoms. The molecule has 1 aromatic rings. The average molecular weight is 262 g/mol. The van der Waals surface area contributed by atoms with Gasteiger partial charge in [-0.05, 0) is 19.9 Å². The maximum Gasteiger partial charge on any atom is 0.471 e. The molecule has 18 heavy (non-hydrogen) atoms. The summed E-state index contributed by atoms with van der Waals surface area (Å²) in [5.74, 6) is -1.77. The minimum absolute atomic E-state index is 0.156. The van der Waals surface area contributed by atoms with E-state index >= 15 is 0 Å². The Morgan fingerprint density at radius 2 is 2.17 bits per heavy atom. The van der Waals surface area contributed by atoms with Gasteiger partial charge in [0.2, 0.25) is 5.88 Å². The maximum atomic E-state index is 12.0. The lowest BCUT2D eigenvalue weighted by atomic mass is 10.2. The fraction of sp³-hybridized carbons (Fsp3) is 0.455. The van der Waals surface area contributed by atoms with Gasteiger partial charge in [-0.1, -0.05) is 6.07 Å². The van der Waals surface area contributed by atoms with Crippen molar-refractivity contribution in [2.75, 3.05) is 0 Å². The number of pyridine rings is 1. The van der Waals surface area contributed by atoms with Crippen molar-refractivity contribution in [3.8, 4) is 5.88 Å². The van der Waals surface area contributed by atoms with E-state index in [4.69, 9.17) is 4.74 Å². The predicted octanol–water partition coefficient (Wildman–Crippen LogP) is 2.05. The molecule has 0 aliphatic rings. The molecular formula is C11H13F3N2O2. The molecule has 0 aromatic carbocycles. The van der Waals surface area contributed by atoms with Crippen LogP contribution in [-0.4, -0.2) is 23.2 Å². The van der Waals surface area contributed by atoms with Gasteiger partial charge in [0.15, 0.2) is 0 Å². The van der Waals surface area contributed by atoms with Crippen LogP contribution >= 0.6 is 0 Å². The second kappa shape index (κ2) is 5.70. The molecule has 0 unspecified atom stereocenters. The number of hydrogen-bond acceptors (Lipinski definition) is 3. The number of carbonyl (C=O) groups is 1. The van der Waals surface area contributed by atoms with Crippen LogP contribution < -0.4 is 10.1 Å². The SMILES string of the molecule is CC(C)Oc1ncccc1CNC(=O)C(F)(F)F. The van der Waals surface area contributed by atoms with Crippen molar-refractivity contribution in [2.45, 2.75) is 32.7 Å². The number of nitrogens with zero attached hydrogens (tertiary/aromatic N) is 1. The van der Waals surface area contributed by atoms with Crippen LogP contribution in [0.2, 0.25) is 0 Å². The van der Waals surface area contributed by atoms with Crippen molar-refractivity contribution >= 4 is 5.91 Å². The molecule has 4 nitrogen and oxygen atoms in total. The fourth-order valence-corrected chi connectivity index (χ4v) is 1.16. The van der Waals surface area contributed by atoms with Crippen molar-refractivity contribution in [3.05, 3.63) is 23.9 Å². The number of amides is 1. The molecule has 100 valence electrons. The van der Waals surface area contributed by atoms with E-state index in [1.54, 1.807) is 31.3 Å². The van der Waals surface area contributed by atoms with E-state index in [0.717, 1.165) is 0 Å². The first kappa shape index (κ1) is 14.3. The summed E-state index contributed by atoms with van der Waals surface area (Å²) in [4.78, 5) is 14.6. The van der Waals surface area contributed by atoms with E-state index in [2.05, 4.69) is 4.98 Å². The summed E-state index contributed by atoms with van der Waals surface area (Å²) < 4.78 is 41.3. The topological polar surface area (TPSA) is 51.2 Å². The molecule has 0 bridgehead atoms. The Balaban J connectivity index is 2.70. The van der Waals surface area contributed by atoms with Crippen LogP contribution in [0.4, 0.5) is 13.2 Å². The average Bonchev–Trinajstić information content (AvgIpc) is 2.25. The highest BCUT2D eigenvalue weighted by Crippen LogP contribution is 2.18. The van der Waals surface area contributed by atoms with Crippen molar-refractivity contribution < 1.29 is 22.7 Å². The molecule has 0 saturated heterocycles. The molecule has 1 rings (SSSR count). The van der Waals surface area contributed by atoms with Crippen molar-refractivity contribution in [3.63, 3.8) is 0 Å². The second-order valence-corrected chi connectivity index (χ2v) is 3.81. The largest absolute Gasteiger partial charge is 0.475 e. The number of hydrogen-bond donors (Lipinski definition) is 1. The fourth-order valence-electron chi connectivity index (χ4n) is 1.16. The lowest BCUT2D eigenvalue weighted by Crippen LogP contribution is -2.36. The van der Waals surface area contributed by atoms with E-state index in [0.29, 0.717) is 5.56 Å². The molecule has 0 fully saturated rings. The molecule has 1 aromatic heterocycles. The smallest absolute Gasteiger partial charge is 0.471 e. The van der Waals surface area contributed by atoms with E-state index in [1.165, 1.54) is 6.20 Å². The van der Waals surface area contributed by atoms with Crippen LogP contribution in [0, 0.1) is 0 Å². The number of rotatable bonds is 4. The molecule has 0 saturated carbocycles. The van der Waals surface area contributed by atoms with E-state index in [9.17, 15) is 18.0 Å². The summed E-state index contributed by atoms with van der Waals surface area (Å²) in [7, 11) is 0. The lowest BCUT2D eigenvalue weighted by molar-refractivity contribution is -0.173. The molecule has 0 aliphatic heterocycles. The second-order valence-electron chi connectivity index (χ2n) is 3.81. The third-order valence-electron chi connectivity index (χ3n) is 1.89. The number of ether oxygens (including phenoxy) is 1. The van der Waals surface area contributed by atoms with Gasteiger partial charge in [0.1, 0.15) is 0 Å². The highest BCUT2D eigenvalue weighted by Gasteiger charge is 2.38. The third-order valence-corrected chi connectivity index (χ3v) is 1.89. The van der Waals surface area contributed by atoms with Crippen LogP contribution in [-0.2, 0) is 11.3 Å². The highest BCUT2D eigenvalue weighted by molar-refractivity contribution is 5.81. The lowest BCUT2D eigenvalue weighted by Gasteiger charge is -2.13. The summed E-state index contributed by atoms with van der Waals surface area (Å²) in [6.45, 7) is 3.26. The van der Waals surface area contributed by atoms with Gasteiger partial charge < -0.3 is 10.1 Å². The Labute approximate surface area is 102 Å². The monoisotopic (exact) mass is 262 g/mol. The molecule has 0 aliphatic carbocycles. The molecule has 0 spiro atoms. The Morgan fingerprint density at radius 3 is 2.72 bits per heavy atom. The third kappa shape index (κ3) is 4.23. The van der Waals surface area contributed by atoms with Crippen molar-refractivity contribution in [2.24, 2.45) is 0 Å². The zero-order chi connectivity index (χ0) is 13.8. The first-order chi connectivity index (χ1) is 8.30. The highest BCUT2D eigenvalue weighted by atomic mass is 19.4. The van der Waals surface area contributed by atoms with Gasteiger partial charge in [-0.15, -0.1) is 0 Å². The molecule has 1 N–H and O–H groups in total. The normalized spacial score (nSPS) is 11.4. The Morgan fingerprint density at radius 1 is 1.50 bits per heavy atom. The van der Waals surface area contributed by atoms with E-state index in [-0.39, 0.29) is 18.5 Å². The molecule has 0 radical (unpaired) electrons. The molecule has 1 heterocycles. The Kier molecular flexibility index (Phi) is 4.52. The zero-order valence-electron chi connectivity index (χ0n) is 9.91. The maximum absolute atomic E-state index is 12.0. The van der Waals surface area contributed by atoms with Crippen molar-refractivity contribution in [1.82, 2.24) is 10.3 Å². The van der Waals surface area contributed by atoms with Gasteiger partial charge in [-0.2, -0.15) is 13.2 Å². The quantitative estimate of drug-likeness (QED) is 0.903. The predicted molar refractivity (Wildman–Crippen MR) is 57.9 cm³/mol. The minimum atomic E-state index is -4.89. The van der Waals surface area contributed by atoms with Gasteiger partial charge in [0.25, 0.3) is 0 Å². The first-order valence-corrected chi connectivity index (χ1v) is 5.26. The first-order valence-electron chi connectivity index (χ1n) is 5.26. The Bertz CT molecular complexity index is 419. The Hall–Kier alpha value is -1.79. The summed E-state index contributed by atoms with van der Waals surface area (Å²) >= 11 is 0. The van der Waals surface area contributed by atoms with Gasteiger partial charge in [-0.25, -0.2) is 4.98 Å². The van der Waals surface area contributed by atoms with Gasteiger partial charge in [-0.3, -0.25) is 4.79 Å². The van der Waals surface area contributed by atoms with Crippen LogP contribution in [0.15, 0.2) is 18.3 Å². The number of aromatic nitrogens is 1. The van der Waals surface area contributed by atoms with Gasteiger partial charge in [0, 0.05) is 18.3 Å². The van der Waals surface area contributed by atoms with Gasteiger partial charge in [0.05, 0.1) is 6.10 Å². The minimum Gasteiger partial charge on any atom is -0.475 e. The van der Waals surface area contributed by atoms with Gasteiger partial charge >= 0.3 is 12.1 Å². The summed E-state index contributed by atoms with van der Waals surface area (Å²) in [5, 5.41) is 1.77. The van der Waals surface area contributed by atoms with Crippen LogP contribution in [0.25, 0.3) is 0 Å². The van der Waals surface area contributed by atoms with E-state index < -0.39 is 12.1 Å². The number of halogens is 3. The van der Waals surface area contributed by atoms with Crippen molar-refractivity contribution in [1.29, 1.82) is 0 Å². The summed E-state index contributed by atoms with van der Waals surface area (Å²) in [6.07, 6.45) is -3.58.